The van der Waals surface area contributed by atoms with Gasteiger partial charge in [-0.1, -0.05) is 0 Å². The van der Waals surface area contributed by atoms with Crippen molar-refractivity contribution in [2.45, 2.75) is 77.0 Å². The number of esters is 2. The van der Waals surface area contributed by atoms with Crippen molar-refractivity contribution in [2.24, 2.45) is 5.92 Å². The molecule has 0 aromatic heterocycles. The highest BCUT2D eigenvalue weighted by molar-refractivity contribution is 7.87. The molecule has 0 amide bonds. The van der Waals surface area contributed by atoms with Crippen LogP contribution in [0.15, 0.2) is 0 Å². The van der Waals surface area contributed by atoms with Crippen molar-refractivity contribution in [1.29, 1.82) is 0 Å². The molecule has 1 aliphatic carbocycles. The molecule has 0 aromatic carbocycles. The van der Waals surface area contributed by atoms with Crippen LogP contribution in [0.1, 0.15) is 59.3 Å². The minimum Gasteiger partial charge on any atom is -0.469 e. The van der Waals surface area contributed by atoms with Crippen molar-refractivity contribution >= 4 is 22.1 Å². The third-order valence-corrected chi connectivity index (χ3v) is 5.99. The van der Waals surface area contributed by atoms with Crippen LogP contribution < -0.4 is 0 Å². The predicted molar refractivity (Wildman–Crippen MR) is 104 cm³/mol. The summed E-state index contributed by atoms with van der Waals surface area (Å²) in [7, 11) is -2.69. The summed E-state index contributed by atoms with van der Waals surface area (Å²) < 4.78 is 45.4. The highest BCUT2D eigenvalue weighted by Crippen LogP contribution is 2.28. The molecule has 0 radical (unpaired) electrons. The quantitative estimate of drug-likeness (QED) is 0.527. The van der Waals surface area contributed by atoms with Gasteiger partial charge in [-0.05, 0) is 59.3 Å². The van der Waals surface area contributed by atoms with E-state index in [1.54, 1.807) is 20.8 Å². The minimum absolute atomic E-state index is 0.0386. The van der Waals surface area contributed by atoms with Gasteiger partial charge in [-0.15, -0.1) is 0 Å². The summed E-state index contributed by atoms with van der Waals surface area (Å²) in [5.41, 5.74) is -0.760. The van der Waals surface area contributed by atoms with Crippen LogP contribution in [0.5, 0.6) is 0 Å². The van der Waals surface area contributed by atoms with Gasteiger partial charge in [0.15, 0.2) is 5.75 Å². The molecule has 168 valence electrons. The number of methoxy groups -OCH3 is 1. The normalized spacial score (nSPS) is 26.3. The van der Waals surface area contributed by atoms with E-state index in [9.17, 15) is 18.0 Å². The maximum atomic E-state index is 12.2. The van der Waals surface area contributed by atoms with Gasteiger partial charge in [0, 0.05) is 6.54 Å². The second-order valence-electron chi connectivity index (χ2n) is 8.63. The van der Waals surface area contributed by atoms with Gasteiger partial charge in [0.05, 0.1) is 31.8 Å². The Labute approximate surface area is 173 Å². The molecule has 0 bridgehead atoms. The van der Waals surface area contributed by atoms with Crippen LogP contribution >= 0.6 is 0 Å². The number of hydrogen-bond acceptors (Lipinski definition) is 9. The number of ether oxygens (including phenoxy) is 3. The summed E-state index contributed by atoms with van der Waals surface area (Å²) >= 11 is 0. The van der Waals surface area contributed by atoms with Crippen LogP contribution in [-0.2, 0) is 38.2 Å². The Morgan fingerprint density at radius 3 is 2.31 bits per heavy atom. The van der Waals surface area contributed by atoms with Gasteiger partial charge in [-0.2, -0.15) is 17.8 Å². The first-order valence-electron chi connectivity index (χ1n) is 10.1. The predicted octanol–water partition coefficient (Wildman–Crippen LogP) is 1.80. The Bertz CT molecular complexity index is 664. The largest absolute Gasteiger partial charge is 0.469 e. The molecule has 2 aliphatic rings. The van der Waals surface area contributed by atoms with Crippen molar-refractivity contribution in [2.75, 3.05) is 26.0 Å². The van der Waals surface area contributed by atoms with Crippen LogP contribution in [0.4, 0.5) is 0 Å². The number of hydrogen-bond donors (Lipinski definition) is 0. The third-order valence-electron chi connectivity index (χ3n) is 4.98. The second-order valence-corrected chi connectivity index (χ2v) is 10.2. The zero-order valence-electron chi connectivity index (χ0n) is 17.7. The van der Waals surface area contributed by atoms with E-state index in [-0.39, 0.29) is 24.0 Å². The molecule has 0 aromatic rings. The number of rotatable bonds is 8. The van der Waals surface area contributed by atoms with Crippen LogP contribution in [0.25, 0.3) is 0 Å². The SMILES string of the molecule is COC(=O)C1CCC(OC[C@@H]2CCCN2OS(=O)(=O)CC(=O)OC(C)(C)C)CC1. The lowest BCUT2D eigenvalue weighted by molar-refractivity contribution is -0.152. The number of carbonyl (C=O) groups is 2. The molecule has 1 atom stereocenters. The fourth-order valence-electron chi connectivity index (χ4n) is 3.64. The lowest BCUT2D eigenvalue weighted by Gasteiger charge is -2.29. The number of carbonyl (C=O) groups excluding carboxylic acids is 2. The van der Waals surface area contributed by atoms with Crippen LogP contribution in [-0.4, -0.2) is 69.2 Å². The van der Waals surface area contributed by atoms with E-state index in [0.717, 1.165) is 38.5 Å². The minimum atomic E-state index is -4.09. The Balaban J connectivity index is 1.78. The van der Waals surface area contributed by atoms with E-state index >= 15 is 0 Å². The van der Waals surface area contributed by atoms with E-state index in [1.165, 1.54) is 12.2 Å². The van der Waals surface area contributed by atoms with E-state index < -0.39 is 27.4 Å². The van der Waals surface area contributed by atoms with Crippen LogP contribution in [0, 0.1) is 5.92 Å². The molecular weight excluding hydrogens is 402 g/mol. The molecule has 2 rings (SSSR count). The first-order valence-corrected chi connectivity index (χ1v) is 11.7. The van der Waals surface area contributed by atoms with Crippen molar-refractivity contribution in [3.8, 4) is 0 Å². The topological polar surface area (TPSA) is 108 Å². The number of hydroxylamine groups is 2. The molecular formula is C19H33NO8S. The van der Waals surface area contributed by atoms with Crippen LogP contribution in [0.3, 0.4) is 0 Å². The van der Waals surface area contributed by atoms with Gasteiger partial charge in [0.1, 0.15) is 5.60 Å². The van der Waals surface area contributed by atoms with Crippen LogP contribution in [0.2, 0.25) is 0 Å². The standard InChI is InChI=1S/C19H33NO8S/c1-19(2,3)27-17(21)13-29(23,24)28-20-11-5-6-15(20)12-26-16-9-7-14(8-10-16)18(22)25-4/h14-16H,5-13H2,1-4H3/t14?,15-,16?/m0/s1. The van der Waals surface area contributed by atoms with E-state index in [2.05, 4.69) is 0 Å². The van der Waals surface area contributed by atoms with Gasteiger partial charge < -0.3 is 14.2 Å². The maximum absolute atomic E-state index is 12.2. The van der Waals surface area contributed by atoms with Gasteiger partial charge in [-0.3, -0.25) is 9.59 Å². The van der Waals surface area contributed by atoms with Gasteiger partial charge in [0.25, 0.3) is 10.1 Å². The lowest BCUT2D eigenvalue weighted by atomic mass is 9.87. The average molecular weight is 436 g/mol. The van der Waals surface area contributed by atoms with Crippen molar-refractivity contribution in [3.05, 3.63) is 0 Å². The fraction of sp³-hybridized carbons (Fsp3) is 0.895. The summed E-state index contributed by atoms with van der Waals surface area (Å²) in [6.45, 7) is 5.81. The van der Waals surface area contributed by atoms with E-state index in [1.807, 2.05) is 0 Å². The first kappa shape index (κ1) is 24.0. The molecule has 0 unspecified atom stereocenters. The molecule has 1 aliphatic heterocycles. The maximum Gasteiger partial charge on any atom is 0.324 e. The lowest BCUT2D eigenvalue weighted by Crippen LogP contribution is -2.39. The highest BCUT2D eigenvalue weighted by Gasteiger charge is 2.34. The Kier molecular flexibility index (Phi) is 8.45. The van der Waals surface area contributed by atoms with Crippen molar-refractivity contribution in [1.82, 2.24) is 5.06 Å². The molecule has 29 heavy (non-hydrogen) atoms. The van der Waals surface area contributed by atoms with E-state index in [4.69, 9.17) is 18.5 Å². The van der Waals surface area contributed by atoms with E-state index in [0.29, 0.717) is 13.2 Å². The first-order chi connectivity index (χ1) is 13.5. The monoisotopic (exact) mass is 435 g/mol. The zero-order chi connectivity index (χ0) is 21.7. The smallest absolute Gasteiger partial charge is 0.324 e. The molecule has 10 heteroatoms. The molecule has 2 fully saturated rings. The summed E-state index contributed by atoms with van der Waals surface area (Å²) in [6, 6.07) is -0.193. The summed E-state index contributed by atoms with van der Waals surface area (Å²) in [5, 5.41) is 1.39. The fourth-order valence-corrected chi connectivity index (χ4v) is 4.53. The molecule has 1 heterocycles. The molecule has 9 nitrogen and oxygen atoms in total. The number of nitrogens with zero attached hydrogens (tertiary/aromatic N) is 1. The zero-order valence-corrected chi connectivity index (χ0v) is 18.5. The third kappa shape index (κ3) is 8.19. The summed E-state index contributed by atoms with van der Waals surface area (Å²) in [4.78, 5) is 23.4. The second kappa shape index (κ2) is 10.2. The van der Waals surface area contributed by atoms with Crippen molar-refractivity contribution in [3.63, 3.8) is 0 Å². The molecule has 0 spiro atoms. The molecule has 1 saturated heterocycles. The van der Waals surface area contributed by atoms with Crippen molar-refractivity contribution < 1.29 is 36.5 Å². The molecule has 1 saturated carbocycles. The summed E-state index contributed by atoms with van der Waals surface area (Å²) in [6.07, 6.45) is 4.56. The average Bonchev–Trinajstić information content (AvgIpc) is 3.03. The van der Waals surface area contributed by atoms with Gasteiger partial charge in [0.2, 0.25) is 0 Å². The summed E-state index contributed by atoms with van der Waals surface area (Å²) in [5.74, 6) is -1.91. The molecule has 0 N–H and O–H groups in total. The Hall–Kier alpha value is -1.23. The van der Waals surface area contributed by atoms with Gasteiger partial charge in [-0.25, -0.2) is 0 Å². The Morgan fingerprint density at radius 2 is 1.72 bits per heavy atom. The Morgan fingerprint density at radius 1 is 1.07 bits per heavy atom. The van der Waals surface area contributed by atoms with Gasteiger partial charge >= 0.3 is 11.9 Å². The highest BCUT2D eigenvalue weighted by atomic mass is 32.2.